The van der Waals surface area contributed by atoms with E-state index in [1.807, 2.05) is 0 Å². The maximum absolute atomic E-state index is 13.4. The van der Waals surface area contributed by atoms with Crippen molar-refractivity contribution in [3.05, 3.63) is 34.5 Å². The van der Waals surface area contributed by atoms with Crippen LogP contribution in [0.4, 0.5) is 22.0 Å². The van der Waals surface area contributed by atoms with E-state index >= 15 is 0 Å². The summed E-state index contributed by atoms with van der Waals surface area (Å²) in [5, 5.41) is 2.55. The summed E-state index contributed by atoms with van der Waals surface area (Å²) in [5.41, 5.74) is -2.31. The Bertz CT molecular complexity index is 1220. The molecule has 3 N–H and O–H groups in total. The van der Waals surface area contributed by atoms with Crippen LogP contribution in [-0.2, 0) is 24.1 Å². The normalized spacial score (nSPS) is 19.1. The van der Waals surface area contributed by atoms with Crippen molar-refractivity contribution in [2.45, 2.75) is 78.1 Å². The van der Waals surface area contributed by atoms with Gasteiger partial charge in [-0.1, -0.05) is 32.4 Å². The van der Waals surface area contributed by atoms with E-state index in [1.54, 1.807) is 6.92 Å². The zero-order chi connectivity index (χ0) is 29.8. The number of hydrogen-bond acceptors (Lipinski definition) is 5. The van der Waals surface area contributed by atoms with Gasteiger partial charge in [0, 0.05) is 25.2 Å². The fraction of sp³-hybridized carbons (Fsp3) is 0.625. The fourth-order valence-corrected chi connectivity index (χ4v) is 5.35. The van der Waals surface area contributed by atoms with Gasteiger partial charge in [0.2, 0.25) is 11.3 Å². The maximum Gasteiger partial charge on any atom is 0.394 e. The van der Waals surface area contributed by atoms with Crippen molar-refractivity contribution >= 4 is 28.8 Å². The molecule has 40 heavy (non-hydrogen) atoms. The second-order valence-corrected chi connectivity index (χ2v) is 11.3. The number of rotatable bonds is 11. The number of aromatic nitrogens is 3. The molecule has 2 aromatic heterocycles. The maximum atomic E-state index is 13.4. The highest BCUT2D eigenvalue weighted by atomic mass is 35.5. The van der Waals surface area contributed by atoms with Gasteiger partial charge in [0.25, 0.3) is 5.91 Å². The molecule has 1 saturated carbocycles. The average Bonchev–Trinajstić information content (AvgIpc) is 3.18. The van der Waals surface area contributed by atoms with Crippen LogP contribution >= 0.6 is 11.6 Å². The summed E-state index contributed by atoms with van der Waals surface area (Å²) in [6.07, 6.45) is -0.987. The van der Waals surface area contributed by atoms with Gasteiger partial charge < -0.3 is 10.1 Å². The second kappa shape index (κ2) is 13.1. The van der Waals surface area contributed by atoms with Crippen LogP contribution in [0, 0.1) is 11.3 Å². The summed E-state index contributed by atoms with van der Waals surface area (Å²) in [5.74, 6) is -1.03. The Labute approximate surface area is 235 Å². The van der Waals surface area contributed by atoms with Crippen LogP contribution < -0.4 is 14.8 Å². The summed E-state index contributed by atoms with van der Waals surface area (Å²) >= 11 is 4.40. The molecule has 16 heteroatoms. The van der Waals surface area contributed by atoms with Gasteiger partial charge in [0.1, 0.15) is 11.0 Å². The van der Waals surface area contributed by atoms with Crippen LogP contribution in [0.15, 0.2) is 12.3 Å². The third-order valence-corrected chi connectivity index (χ3v) is 7.70. The largest absolute Gasteiger partial charge is 0.431 e. The van der Waals surface area contributed by atoms with Crippen molar-refractivity contribution in [3.63, 3.8) is 0 Å². The van der Waals surface area contributed by atoms with Gasteiger partial charge in [-0.05, 0) is 49.7 Å². The lowest BCUT2D eigenvalue weighted by atomic mass is 9.85. The Morgan fingerprint density at radius 3 is 2.48 bits per heavy atom. The molecule has 1 aliphatic carbocycles. The topological polar surface area (TPSA) is 118 Å². The SMILES string of the molecule is CCc1nc(C(=O)NCC2CCC(NS(=O)O)CC2)c(Cl)n1-c1ncc(CC(C)(C)C(F)(F)F)cc1OC(F)F. The summed E-state index contributed by atoms with van der Waals surface area (Å²) < 4.78 is 94.9. The van der Waals surface area contributed by atoms with Crippen LogP contribution in [-0.4, -0.2) is 54.6 Å². The number of hydrogen-bond donors (Lipinski definition) is 3. The molecule has 1 aliphatic rings. The minimum Gasteiger partial charge on any atom is -0.431 e. The zero-order valence-electron chi connectivity index (χ0n) is 22.0. The smallest absolute Gasteiger partial charge is 0.394 e. The minimum atomic E-state index is -4.54. The van der Waals surface area contributed by atoms with Crippen molar-refractivity contribution < 1.29 is 40.2 Å². The third kappa shape index (κ3) is 7.89. The van der Waals surface area contributed by atoms with E-state index in [0.29, 0.717) is 32.2 Å². The molecule has 9 nitrogen and oxygen atoms in total. The molecule has 3 rings (SSSR count). The second-order valence-electron chi connectivity index (χ2n) is 10.3. The number of alkyl halides is 5. The van der Waals surface area contributed by atoms with Crippen molar-refractivity contribution in [1.29, 1.82) is 0 Å². The summed E-state index contributed by atoms with van der Waals surface area (Å²) in [7, 11) is 0. The van der Waals surface area contributed by atoms with E-state index in [2.05, 4.69) is 24.7 Å². The minimum absolute atomic E-state index is 0.0177. The third-order valence-electron chi connectivity index (χ3n) is 6.82. The Balaban J connectivity index is 1.83. The molecule has 2 heterocycles. The molecule has 1 fully saturated rings. The van der Waals surface area contributed by atoms with E-state index in [-0.39, 0.29) is 46.4 Å². The first kappa shape index (κ1) is 32.2. The molecule has 224 valence electrons. The Morgan fingerprint density at radius 2 is 1.93 bits per heavy atom. The predicted molar refractivity (Wildman–Crippen MR) is 138 cm³/mol. The number of amides is 1. The monoisotopic (exact) mass is 615 g/mol. The van der Waals surface area contributed by atoms with Crippen molar-refractivity contribution in [3.8, 4) is 11.6 Å². The molecule has 1 unspecified atom stereocenters. The standard InChI is InChI=1S/C24H31ClF5N5O4S/c1-4-17-33-18(21(36)32-11-13-5-7-15(8-6-13)34-40(37)38)19(25)35(17)20-16(39-22(26)27)9-14(12-31-20)10-23(2,3)24(28,29)30/h9,12-13,15,22,34H,4-8,10-11H2,1-3H3,(H,32,36)(H,37,38). The molecule has 0 spiro atoms. The van der Waals surface area contributed by atoms with Gasteiger partial charge >= 0.3 is 12.8 Å². The molecule has 0 bridgehead atoms. The quantitative estimate of drug-likeness (QED) is 0.235. The fourth-order valence-electron chi connectivity index (χ4n) is 4.52. The van der Waals surface area contributed by atoms with Gasteiger partial charge in [-0.25, -0.2) is 18.9 Å². The first-order valence-electron chi connectivity index (χ1n) is 12.6. The predicted octanol–water partition coefficient (Wildman–Crippen LogP) is 5.23. The molecule has 2 aromatic rings. The van der Waals surface area contributed by atoms with E-state index < -0.39 is 47.5 Å². The molecule has 0 aromatic carbocycles. The van der Waals surface area contributed by atoms with E-state index in [9.17, 15) is 31.0 Å². The molecule has 1 atom stereocenters. The van der Waals surface area contributed by atoms with Crippen molar-refractivity contribution in [2.75, 3.05) is 6.54 Å². The number of halogens is 6. The molecule has 1 amide bonds. The number of aryl methyl sites for hydroxylation is 1. The number of nitrogens with zero attached hydrogens (tertiary/aromatic N) is 3. The number of ether oxygens (including phenoxy) is 1. The molecule has 0 radical (unpaired) electrons. The highest BCUT2D eigenvalue weighted by Crippen LogP contribution is 2.41. The Kier molecular flexibility index (Phi) is 10.5. The Morgan fingerprint density at radius 1 is 1.27 bits per heavy atom. The summed E-state index contributed by atoms with van der Waals surface area (Å²) in [6, 6.07) is 0.966. The van der Waals surface area contributed by atoms with Crippen LogP contribution in [0.2, 0.25) is 5.15 Å². The highest BCUT2D eigenvalue weighted by Gasteiger charge is 2.47. The zero-order valence-corrected chi connectivity index (χ0v) is 23.6. The number of carbonyl (C=O) groups is 1. The average molecular weight is 616 g/mol. The first-order chi connectivity index (χ1) is 18.6. The van der Waals surface area contributed by atoms with Gasteiger partial charge in [-0.2, -0.15) is 22.0 Å². The summed E-state index contributed by atoms with van der Waals surface area (Å²) in [6.45, 7) is 0.670. The lowest BCUT2D eigenvalue weighted by molar-refractivity contribution is -0.211. The van der Waals surface area contributed by atoms with Gasteiger partial charge in [-0.15, -0.1) is 0 Å². The van der Waals surface area contributed by atoms with Gasteiger partial charge in [0.15, 0.2) is 17.3 Å². The van der Waals surface area contributed by atoms with Crippen LogP contribution in [0.3, 0.4) is 0 Å². The van der Waals surface area contributed by atoms with E-state index in [1.165, 1.54) is 4.57 Å². The van der Waals surface area contributed by atoms with Crippen LogP contribution in [0.1, 0.15) is 68.3 Å². The number of nitrogens with one attached hydrogen (secondary N) is 2. The molecular weight excluding hydrogens is 585 g/mol. The number of imidazole rings is 1. The van der Waals surface area contributed by atoms with E-state index in [4.69, 9.17) is 16.2 Å². The first-order valence-corrected chi connectivity index (χ1v) is 14.0. The lowest BCUT2D eigenvalue weighted by Gasteiger charge is -2.28. The Hall–Kier alpha value is -2.36. The molecule has 0 saturated heterocycles. The van der Waals surface area contributed by atoms with Crippen LogP contribution in [0.25, 0.3) is 5.82 Å². The summed E-state index contributed by atoms with van der Waals surface area (Å²) in [4.78, 5) is 21.3. The van der Waals surface area contributed by atoms with Crippen LogP contribution in [0.5, 0.6) is 5.75 Å². The van der Waals surface area contributed by atoms with Gasteiger partial charge in [0.05, 0.1) is 5.41 Å². The highest BCUT2D eigenvalue weighted by molar-refractivity contribution is 7.77. The van der Waals surface area contributed by atoms with Crippen molar-refractivity contribution in [1.82, 2.24) is 24.6 Å². The number of pyridine rings is 1. The molecule has 0 aliphatic heterocycles. The lowest BCUT2D eigenvalue weighted by Crippen LogP contribution is -2.37. The van der Waals surface area contributed by atoms with Crippen molar-refractivity contribution in [2.24, 2.45) is 11.3 Å². The van der Waals surface area contributed by atoms with Gasteiger partial charge in [-0.3, -0.25) is 13.9 Å². The molecular formula is C24H31ClF5N5O4S. The van der Waals surface area contributed by atoms with E-state index in [0.717, 1.165) is 26.1 Å². The number of carbonyl (C=O) groups excluding carboxylic acids is 1.